The predicted molar refractivity (Wildman–Crippen MR) is 97.6 cm³/mol. The molecule has 2 heterocycles. The van der Waals surface area contributed by atoms with Crippen LogP contribution in [-0.2, 0) is 6.42 Å². The van der Waals surface area contributed by atoms with E-state index in [0.29, 0.717) is 29.8 Å². The third-order valence-electron chi connectivity index (χ3n) is 3.73. The van der Waals surface area contributed by atoms with Crippen LogP contribution in [0.5, 0.6) is 0 Å². The fraction of sp³-hybridized carbons (Fsp3) is 0.625. The summed E-state index contributed by atoms with van der Waals surface area (Å²) < 4.78 is 0. The lowest BCUT2D eigenvalue weighted by Gasteiger charge is -2.15. The third-order valence-corrected chi connectivity index (χ3v) is 3.73. The summed E-state index contributed by atoms with van der Waals surface area (Å²) in [5.41, 5.74) is 2.26. The zero-order valence-corrected chi connectivity index (χ0v) is 15.0. The third kappa shape index (κ3) is 4.19. The number of anilines is 3. The summed E-state index contributed by atoms with van der Waals surface area (Å²) in [5.74, 6) is 1.70. The molecule has 8 nitrogen and oxygen atoms in total. The highest BCUT2D eigenvalue weighted by molar-refractivity contribution is 5.88. The Balaban J connectivity index is 2.51. The quantitative estimate of drug-likeness (QED) is 0.581. The highest BCUT2D eigenvalue weighted by atomic mass is 16.3. The first-order valence-corrected chi connectivity index (χ1v) is 8.43. The van der Waals surface area contributed by atoms with Gasteiger partial charge in [-0.2, -0.15) is 4.98 Å². The van der Waals surface area contributed by atoms with Gasteiger partial charge < -0.3 is 21.1 Å². The maximum absolute atomic E-state index is 9.43. The smallest absolute Gasteiger partial charge is 0.225 e. The zero-order chi connectivity index (χ0) is 17.7. The van der Waals surface area contributed by atoms with Crippen molar-refractivity contribution in [2.24, 2.45) is 0 Å². The second-order valence-corrected chi connectivity index (χ2v) is 5.87. The molecule has 0 aliphatic carbocycles. The summed E-state index contributed by atoms with van der Waals surface area (Å²) in [7, 11) is 1.81. The van der Waals surface area contributed by atoms with E-state index >= 15 is 0 Å². The monoisotopic (exact) mass is 333 g/mol. The van der Waals surface area contributed by atoms with E-state index in [1.807, 2.05) is 14.0 Å². The highest BCUT2D eigenvalue weighted by Gasteiger charge is 2.15. The molecule has 0 aliphatic heterocycles. The summed E-state index contributed by atoms with van der Waals surface area (Å²) in [6.07, 6.45) is 1.23. The van der Waals surface area contributed by atoms with Crippen molar-refractivity contribution >= 4 is 28.7 Å². The van der Waals surface area contributed by atoms with Crippen LogP contribution in [0.2, 0.25) is 0 Å². The highest BCUT2D eigenvalue weighted by Crippen LogP contribution is 2.24. The molecule has 2 rings (SSSR count). The Labute approximate surface area is 142 Å². The molecule has 0 unspecified atom stereocenters. The van der Waals surface area contributed by atoms with Crippen LogP contribution >= 0.6 is 0 Å². The summed E-state index contributed by atoms with van der Waals surface area (Å²) in [5, 5.41) is 18.9. The number of nitrogens with one attached hydrogen (secondary N) is 3. The lowest BCUT2D eigenvalue weighted by atomic mass is 10.2. The van der Waals surface area contributed by atoms with Gasteiger partial charge in [0.25, 0.3) is 0 Å². The first-order valence-electron chi connectivity index (χ1n) is 8.43. The van der Waals surface area contributed by atoms with E-state index in [9.17, 15) is 5.11 Å². The fourth-order valence-electron chi connectivity index (χ4n) is 2.20. The number of aliphatic hydroxyl groups is 1. The number of aryl methyl sites for hydroxylation is 1. The second kappa shape index (κ2) is 8.05. The van der Waals surface area contributed by atoms with Gasteiger partial charge in [-0.1, -0.05) is 13.8 Å². The Kier molecular flexibility index (Phi) is 6.08. The van der Waals surface area contributed by atoms with E-state index in [1.165, 1.54) is 0 Å². The van der Waals surface area contributed by atoms with Crippen molar-refractivity contribution in [2.45, 2.75) is 52.7 Å². The van der Waals surface area contributed by atoms with E-state index in [2.05, 4.69) is 49.7 Å². The molecule has 132 valence electrons. The van der Waals surface area contributed by atoms with Crippen molar-refractivity contribution in [1.82, 2.24) is 19.9 Å². The molecule has 2 atom stereocenters. The lowest BCUT2D eigenvalue weighted by molar-refractivity contribution is 0.208. The van der Waals surface area contributed by atoms with Gasteiger partial charge in [0.1, 0.15) is 11.0 Å². The molecule has 0 bridgehead atoms. The van der Waals surface area contributed by atoms with Gasteiger partial charge in [0, 0.05) is 19.6 Å². The van der Waals surface area contributed by atoms with Crippen LogP contribution in [0.15, 0.2) is 0 Å². The topological polar surface area (TPSA) is 108 Å². The SMILES string of the molecule is CCc1nc(NC[C@@H](C)O)nc2c(NC)nc(N[C@@H](C)CC)nc12. The number of hydrogen-bond donors (Lipinski definition) is 4. The molecule has 0 saturated heterocycles. The number of rotatable bonds is 8. The van der Waals surface area contributed by atoms with Gasteiger partial charge in [-0.05, 0) is 26.7 Å². The summed E-state index contributed by atoms with van der Waals surface area (Å²) in [4.78, 5) is 18.2. The van der Waals surface area contributed by atoms with Gasteiger partial charge in [-0.3, -0.25) is 0 Å². The molecule has 0 saturated carbocycles. The van der Waals surface area contributed by atoms with Gasteiger partial charge >= 0.3 is 0 Å². The van der Waals surface area contributed by atoms with Crippen molar-refractivity contribution in [3.05, 3.63) is 5.69 Å². The van der Waals surface area contributed by atoms with E-state index in [4.69, 9.17) is 0 Å². The van der Waals surface area contributed by atoms with E-state index in [1.54, 1.807) is 6.92 Å². The van der Waals surface area contributed by atoms with Crippen LogP contribution in [0, 0.1) is 0 Å². The number of aromatic nitrogens is 4. The predicted octanol–water partition coefficient (Wildman–Crippen LogP) is 2.03. The van der Waals surface area contributed by atoms with Crippen LogP contribution < -0.4 is 16.0 Å². The van der Waals surface area contributed by atoms with E-state index in [0.717, 1.165) is 24.1 Å². The van der Waals surface area contributed by atoms with Crippen molar-refractivity contribution in [1.29, 1.82) is 0 Å². The Morgan fingerprint density at radius 2 is 1.71 bits per heavy atom. The number of hydrogen-bond acceptors (Lipinski definition) is 8. The Morgan fingerprint density at radius 3 is 2.29 bits per heavy atom. The van der Waals surface area contributed by atoms with Gasteiger partial charge in [-0.25, -0.2) is 15.0 Å². The number of aliphatic hydroxyl groups excluding tert-OH is 1. The maximum Gasteiger partial charge on any atom is 0.225 e. The largest absolute Gasteiger partial charge is 0.392 e. The van der Waals surface area contributed by atoms with E-state index < -0.39 is 6.10 Å². The minimum absolute atomic E-state index is 0.283. The minimum atomic E-state index is -0.475. The van der Waals surface area contributed by atoms with Crippen LogP contribution in [0.25, 0.3) is 11.0 Å². The molecule has 0 amide bonds. The van der Waals surface area contributed by atoms with Gasteiger partial charge in [-0.15, -0.1) is 0 Å². The van der Waals surface area contributed by atoms with Crippen LogP contribution in [0.4, 0.5) is 17.7 Å². The first-order chi connectivity index (χ1) is 11.5. The zero-order valence-electron chi connectivity index (χ0n) is 15.0. The summed E-state index contributed by atoms with van der Waals surface area (Å²) in [6, 6.07) is 0.283. The average molecular weight is 333 g/mol. The summed E-state index contributed by atoms with van der Waals surface area (Å²) >= 11 is 0. The average Bonchev–Trinajstić information content (AvgIpc) is 2.58. The van der Waals surface area contributed by atoms with Crippen LogP contribution in [0.3, 0.4) is 0 Å². The molecule has 0 fully saturated rings. The van der Waals surface area contributed by atoms with Gasteiger partial charge in [0.2, 0.25) is 11.9 Å². The molecule has 2 aromatic rings. The molecule has 0 radical (unpaired) electrons. The van der Waals surface area contributed by atoms with Crippen molar-refractivity contribution in [2.75, 3.05) is 29.5 Å². The lowest BCUT2D eigenvalue weighted by Crippen LogP contribution is -2.19. The number of fused-ring (bicyclic) bond motifs is 1. The minimum Gasteiger partial charge on any atom is -0.392 e. The summed E-state index contributed by atoms with van der Waals surface area (Å²) in [6.45, 7) is 8.33. The van der Waals surface area contributed by atoms with Crippen LogP contribution in [0.1, 0.15) is 39.8 Å². The molecule has 2 aromatic heterocycles. The van der Waals surface area contributed by atoms with Crippen molar-refractivity contribution < 1.29 is 5.11 Å². The molecule has 24 heavy (non-hydrogen) atoms. The molecule has 0 aliphatic rings. The normalized spacial score (nSPS) is 13.6. The van der Waals surface area contributed by atoms with Gasteiger partial charge in [0.05, 0.1) is 11.8 Å². The first kappa shape index (κ1) is 18.1. The Morgan fingerprint density at radius 1 is 1.00 bits per heavy atom. The molecular formula is C16H27N7O. The Hall–Kier alpha value is -2.22. The van der Waals surface area contributed by atoms with Gasteiger partial charge in [0.15, 0.2) is 5.82 Å². The molecule has 8 heteroatoms. The van der Waals surface area contributed by atoms with E-state index in [-0.39, 0.29) is 6.04 Å². The second-order valence-electron chi connectivity index (χ2n) is 5.87. The molecular weight excluding hydrogens is 306 g/mol. The number of nitrogens with zero attached hydrogens (tertiary/aromatic N) is 4. The van der Waals surface area contributed by atoms with Crippen LogP contribution in [-0.4, -0.2) is 50.8 Å². The van der Waals surface area contributed by atoms with Crippen molar-refractivity contribution in [3.8, 4) is 0 Å². The maximum atomic E-state index is 9.43. The molecule has 4 N–H and O–H groups in total. The van der Waals surface area contributed by atoms with Crippen molar-refractivity contribution in [3.63, 3.8) is 0 Å². The fourth-order valence-corrected chi connectivity index (χ4v) is 2.20. The molecule has 0 aromatic carbocycles. The standard InChI is InChI=1S/C16H27N7O/c1-6-9(3)19-16-21-12-11(7-2)20-15(18-8-10(4)24)22-13(12)14(17-5)23-16/h9-10,24H,6-8H2,1-5H3,(H,18,20,22)(H2,17,19,21,23)/t9-,10+/m0/s1. The molecule has 0 spiro atoms. The Bertz CT molecular complexity index is 690.